The second-order valence-electron chi connectivity index (χ2n) is 13.5. The van der Waals surface area contributed by atoms with Crippen LogP contribution in [0.25, 0.3) is 0 Å². The van der Waals surface area contributed by atoms with E-state index in [0.717, 1.165) is 32.1 Å². The molecule has 2 unspecified atom stereocenters. The van der Waals surface area contributed by atoms with Crippen LogP contribution in [0.5, 0.6) is 0 Å². The molecule has 12 heteroatoms. The van der Waals surface area contributed by atoms with Crippen LogP contribution in [0.15, 0.2) is 60.8 Å². The molecule has 0 aromatic carbocycles. The van der Waals surface area contributed by atoms with Crippen LogP contribution in [-0.2, 0) is 32.7 Å². The number of unbranched alkanes of at least 4 members (excludes halogenated alkanes) is 13. The van der Waals surface area contributed by atoms with Gasteiger partial charge in [-0.3, -0.25) is 18.6 Å². The van der Waals surface area contributed by atoms with Crippen LogP contribution in [0, 0.1) is 0 Å². The van der Waals surface area contributed by atoms with E-state index >= 15 is 0 Å². The van der Waals surface area contributed by atoms with Crippen LogP contribution in [0.2, 0.25) is 0 Å². The van der Waals surface area contributed by atoms with E-state index in [0.29, 0.717) is 32.1 Å². The first-order chi connectivity index (χ1) is 26.1. The molecule has 0 aromatic rings. The number of carbonyl (C=O) groups excluding carboxylic acids is 2. The first-order valence-electron chi connectivity index (χ1n) is 20.4. The Bertz CT molecular complexity index is 1100. The molecule has 11 nitrogen and oxygen atoms in total. The largest absolute Gasteiger partial charge is 0.472 e. The third-order valence-corrected chi connectivity index (χ3v) is 9.22. The zero-order valence-electron chi connectivity index (χ0n) is 33.3. The highest BCUT2D eigenvalue weighted by atomic mass is 31.2. The molecule has 0 saturated heterocycles. The van der Waals surface area contributed by atoms with Crippen molar-refractivity contribution in [1.29, 1.82) is 0 Å². The number of esters is 2. The minimum Gasteiger partial charge on any atom is -0.462 e. The van der Waals surface area contributed by atoms with Crippen LogP contribution in [0.4, 0.5) is 0 Å². The van der Waals surface area contributed by atoms with Gasteiger partial charge in [0.25, 0.3) is 0 Å². The molecular weight excluding hydrogens is 711 g/mol. The number of phosphoric acid groups is 1. The van der Waals surface area contributed by atoms with Crippen LogP contribution in [0.3, 0.4) is 0 Å². The zero-order chi connectivity index (χ0) is 40.0. The first kappa shape index (κ1) is 51.6. The van der Waals surface area contributed by atoms with Crippen molar-refractivity contribution < 1.29 is 52.9 Å². The summed E-state index contributed by atoms with van der Waals surface area (Å²) in [5.41, 5.74) is 0. The summed E-state index contributed by atoms with van der Waals surface area (Å²) in [5.74, 6) is -1.03. The fourth-order valence-electron chi connectivity index (χ4n) is 5.11. The topological polar surface area (TPSA) is 169 Å². The van der Waals surface area contributed by atoms with E-state index in [-0.39, 0.29) is 19.4 Å². The molecule has 4 N–H and O–H groups in total. The van der Waals surface area contributed by atoms with Crippen molar-refractivity contribution in [3.63, 3.8) is 0 Å². The molecule has 0 saturated carbocycles. The maximum atomic E-state index is 12.6. The molecule has 0 bridgehead atoms. The molecule has 54 heavy (non-hydrogen) atoms. The Labute approximate surface area is 326 Å². The smallest absolute Gasteiger partial charge is 0.462 e. The lowest BCUT2D eigenvalue weighted by Gasteiger charge is -2.20. The number of rotatable bonds is 37. The van der Waals surface area contributed by atoms with E-state index in [1.54, 1.807) is 6.08 Å². The molecule has 0 amide bonds. The van der Waals surface area contributed by atoms with Crippen molar-refractivity contribution >= 4 is 19.8 Å². The number of allylic oxidation sites excluding steroid dienone is 8. The maximum absolute atomic E-state index is 12.6. The molecule has 0 aliphatic carbocycles. The summed E-state index contributed by atoms with van der Waals surface area (Å²) in [6.07, 6.45) is 36.5. The lowest BCUT2D eigenvalue weighted by molar-refractivity contribution is -0.161. The van der Waals surface area contributed by atoms with Crippen LogP contribution < -0.4 is 0 Å². The second-order valence-corrected chi connectivity index (χ2v) is 14.9. The van der Waals surface area contributed by atoms with Gasteiger partial charge in [-0.05, 0) is 44.9 Å². The predicted molar refractivity (Wildman–Crippen MR) is 216 cm³/mol. The summed E-state index contributed by atoms with van der Waals surface area (Å²) in [7, 11) is -4.64. The fourth-order valence-corrected chi connectivity index (χ4v) is 5.90. The van der Waals surface area contributed by atoms with Crippen molar-refractivity contribution in [2.75, 3.05) is 26.4 Å². The Morgan fingerprint density at radius 1 is 0.648 bits per heavy atom. The van der Waals surface area contributed by atoms with Crippen molar-refractivity contribution in [2.24, 2.45) is 0 Å². The monoisotopic (exact) mass is 784 g/mol. The number of carbonyl (C=O) groups is 2. The number of hydrogen-bond donors (Lipinski definition) is 4. The summed E-state index contributed by atoms with van der Waals surface area (Å²) in [5, 5.41) is 28.3. The van der Waals surface area contributed by atoms with Crippen molar-refractivity contribution in [2.45, 2.75) is 167 Å². The van der Waals surface area contributed by atoms with E-state index in [1.807, 2.05) is 42.5 Å². The Hall–Kier alpha value is -2.37. The van der Waals surface area contributed by atoms with E-state index in [1.165, 1.54) is 57.8 Å². The van der Waals surface area contributed by atoms with E-state index in [2.05, 4.69) is 30.5 Å². The summed E-state index contributed by atoms with van der Waals surface area (Å²) in [4.78, 5) is 34.9. The van der Waals surface area contributed by atoms with Gasteiger partial charge in [0.1, 0.15) is 12.7 Å². The molecule has 0 spiro atoms. The van der Waals surface area contributed by atoms with Gasteiger partial charge < -0.3 is 29.7 Å². The van der Waals surface area contributed by atoms with E-state index in [4.69, 9.17) is 19.1 Å². The average Bonchev–Trinajstić information content (AvgIpc) is 3.15. The van der Waals surface area contributed by atoms with Gasteiger partial charge in [-0.15, -0.1) is 0 Å². The predicted octanol–water partition coefficient (Wildman–Crippen LogP) is 9.30. The molecule has 0 rings (SSSR count). The third kappa shape index (κ3) is 36.6. The van der Waals surface area contributed by atoms with Crippen molar-refractivity contribution in [3.05, 3.63) is 60.8 Å². The first-order valence-corrected chi connectivity index (χ1v) is 21.8. The van der Waals surface area contributed by atoms with Crippen LogP contribution >= 0.6 is 7.82 Å². The summed E-state index contributed by atoms with van der Waals surface area (Å²) >= 11 is 0. The number of aliphatic hydroxyl groups excluding tert-OH is 3. The minimum atomic E-state index is -4.64. The molecule has 0 fully saturated rings. The number of ether oxygens (including phenoxy) is 2. The Balaban J connectivity index is 4.49. The van der Waals surface area contributed by atoms with E-state index in [9.17, 15) is 29.3 Å². The van der Waals surface area contributed by atoms with Gasteiger partial charge in [0.2, 0.25) is 0 Å². The molecule has 0 aromatic heterocycles. The lowest BCUT2D eigenvalue weighted by atomic mass is 10.0. The molecule has 312 valence electrons. The molecule has 4 atom stereocenters. The summed E-state index contributed by atoms with van der Waals surface area (Å²) < 4.78 is 32.5. The highest BCUT2D eigenvalue weighted by molar-refractivity contribution is 7.47. The standard InChI is InChI=1S/C42H73O11P/c1-3-5-7-9-11-12-13-14-15-16-21-25-29-33-42(47)53-40(37-52-54(48,49)51-35-39(45)34-43)36-50-41(46)32-28-24-20-18-17-19-23-27-31-38(44)30-26-22-10-8-6-4-2/h6,8,18-20,22-23,26-27,31,38-40,43-45H,3-5,7,9-17,21,24-25,28-30,32-37H2,1-2H3,(H,48,49)/b8-6-,20-18-,23-19-,26-22-,31-27+/t38?,39-,40+/m0/s1. The number of phosphoric ester groups is 1. The number of hydrogen-bond acceptors (Lipinski definition) is 10. The highest BCUT2D eigenvalue weighted by Gasteiger charge is 2.27. The molecule has 0 radical (unpaired) electrons. The van der Waals surface area contributed by atoms with Gasteiger partial charge in [0.15, 0.2) is 6.10 Å². The lowest BCUT2D eigenvalue weighted by Crippen LogP contribution is -2.29. The zero-order valence-corrected chi connectivity index (χ0v) is 34.2. The third-order valence-electron chi connectivity index (χ3n) is 8.27. The Kier molecular flexibility index (Phi) is 35.9. The summed E-state index contributed by atoms with van der Waals surface area (Å²) in [6, 6.07) is 0. The van der Waals surface area contributed by atoms with Crippen LogP contribution in [-0.4, -0.2) is 76.9 Å². The highest BCUT2D eigenvalue weighted by Crippen LogP contribution is 2.43. The molecule has 0 aliphatic rings. The van der Waals surface area contributed by atoms with Gasteiger partial charge in [0, 0.05) is 12.8 Å². The SMILES string of the molecule is CC/C=C\C/C=C\CC(O)/C=C/C=C\C/C=C\CCCC(=O)OC[C@H](COP(=O)(O)OC[C@@H](O)CO)OC(=O)CCCCCCCCCCCCCCC. The fraction of sp³-hybridized carbons (Fsp3) is 0.714. The van der Waals surface area contributed by atoms with Crippen molar-refractivity contribution in [1.82, 2.24) is 0 Å². The van der Waals surface area contributed by atoms with Gasteiger partial charge >= 0.3 is 19.8 Å². The quantitative estimate of drug-likeness (QED) is 0.0156. The van der Waals surface area contributed by atoms with Gasteiger partial charge in [0.05, 0.1) is 25.9 Å². The number of aliphatic hydroxyl groups is 3. The van der Waals surface area contributed by atoms with E-state index < -0.39 is 57.9 Å². The minimum absolute atomic E-state index is 0.130. The van der Waals surface area contributed by atoms with Crippen LogP contribution in [0.1, 0.15) is 149 Å². The molecule has 0 aliphatic heterocycles. The second kappa shape index (κ2) is 37.5. The summed E-state index contributed by atoms with van der Waals surface area (Å²) in [6.45, 7) is 2.09. The average molecular weight is 785 g/mol. The van der Waals surface area contributed by atoms with Gasteiger partial charge in [-0.2, -0.15) is 0 Å². The maximum Gasteiger partial charge on any atom is 0.472 e. The Morgan fingerprint density at radius 2 is 1.22 bits per heavy atom. The van der Waals surface area contributed by atoms with Gasteiger partial charge in [-0.1, -0.05) is 152 Å². The molecule has 0 heterocycles. The normalized spacial score (nSPS) is 15.1. The molecular formula is C42H73O11P. The van der Waals surface area contributed by atoms with Crippen molar-refractivity contribution in [3.8, 4) is 0 Å². The van der Waals surface area contributed by atoms with Gasteiger partial charge in [-0.25, -0.2) is 4.57 Å². The Morgan fingerprint density at radius 3 is 1.87 bits per heavy atom.